The summed E-state index contributed by atoms with van der Waals surface area (Å²) in [6, 6.07) is 6.92. The van der Waals surface area contributed by atoms with Gasteiger partial charge in [-0.25, -0.2) is 4.98 Å². The van der Waals surface area contributed by atoms with Gasteiger partial charge in [0.25, 0.3) is 11.7 Å². The van der Waals surface area contributed by atoms with Gasteiger partial charge in [-0.3, -0.25) is 14.0 Å². The molecule has 0 aliphatic carbocycles. The minimum absolute atomic E-state index is 0.00415. The van der Waals surface area contributed by atoms with E-state index in [1.807, 2.05) is 31.3 Å². The number of amides is 2. The number of fused-ring (bicyclic) bond motifs is 1. The summed E-state index contributed by atoms with van der Waals surface area (Å²) in [6.07, 6.45) is 5.17. The molecule has 1 fully saturated rings. The molecule has 1 aliphatic heterocycles. The van der Waals surface area contributed by atoms with Crippen LogP contribution in [0.1, 0.15) is 24.2 Å². The number of carbonyl (C=O) groups is 2. The second-order valence-corrected chi connectivity index (χ2v) is 6.55. The van der Waals surface area contributed by atoms with Gasteiger partial charge >= 0.3 is 0 Å². The Labute approximate surface area is 156 Å². The highest BCUT2D eigenvalue weighted by Gasteiger charge is 2.33. The molecule has 0 spiro atoms. The van der Waals surface area contributed by atoms with Gasteiger partial charge in [0.2, 0.25) is 5.91 Å². The highest BCUT2D eigenvalue weighted by atomic mass is 16.2. The average molecular weight is 364 g/mol. The first-order valence-corrected chi connectivity index (χ1v) is 8.94. The standard InChI is InChI=1S/C19H20N6O2/c1-3-23-7-8-25(13(2)17(23)26)18(27)15-6-4-5-14(9-15)16-10-20-19-22-21-12-24(19)11-16/h4-6,9-13H,3,7-8H2,1-2H3/t13-/m0/s1. The fourth-order valence-electron chi connectivity index (χ4n) is 3.40. The fraction of sp³-hybridized carbons (Fsp3) is 0.316. The molecule has 1 saturated heterocycles. The zero-order valence-corrected chi connectivity index (χ0v) is 15.2. The summed E-state index contributed by atoms with van der Waals surface area (Å²) in [6.45, 7) is 5.51. The van der Waals surface area contributed by atoms with Gasteiger partial charge in [0.1, 0.15) is 12.4 Å². The van der Waals surface area contributed by atoms with Gasteiger partial charge in [-0.1, -0.05) is 12.1 Å². The summed E-state index contributed by atoms with van der Waals surface area (Å²) in [5, 5.41) is 7.72. The molecule has 0 bridgehead atoms. The molecule has 0 radical (unpaired) electrons. The lowest BCUT2D eigenvalue weighted by Crippen LogP contribution is -2.57. The molecule has 0 unspecified atom stereocenters. The summed E-state index contributed by atoms with van der Waals surface area (Å²) in [5.74, 6) is 0.384. The van der Waals surface area contributed by atoms with E-state index >= 15 is 0 Å². The average Bonchev–Trinajstić information content (AvgIpc) is 3.17. The number of benzene rings is 1. The molecular formula is C19H20N6O2. The summed E-state index contributed by atoms with van der Waals surface area (Å²) < 4.78 is 1.73. The largest absolute Gasteiger partial charge is 0.339 e. The number of carbonyl (C=O) groups excluding carboxylic acids is 2. The normalized spacial score (nSPS) is 17.6. The Morgan fingerprint density at radius 3 is 2.93 bits per heavy atom. The molecule has 1 aromatic carbocycles. The van der Waals surface area contributed by atoms with Crippen LogP contribution >= 0.6 is 0 Å². The molecule has 27 heavy (non-hydrogen) atoms. The Bertz CT molecular complexity index is 1010. The van der Waals surface area contributed by atoms with E-state index in [0.717, 1.165) is 11.1 Å². The van der Waals surface area contributed by atoms with Crippen LogP contribution in [0, 0.1) is 0 Å². The molecule has 0 N–H and O–H groups in total. The van der Waals surface area contributed by atoms with Crippen molar-refractivity contribution in [2.24, 2.45) is 0 Å². The van der Waals surface area contributed by atoms with Gasteiger partial charge in [-0.05, 0) is 31.5 Å². The number of hydrogen-bond acceptors (Lipinski definition) is 5. The van der Waals surface area contributed by atoms with Crippen LogP contribution in [0.5, 0.6) is 0 Å². The quantitative estimate of drug-likeness (QED) is 0.703. The second kappa shape index (κ2) is 6.79. The SMILES string of the molecule is CCN1CCN(C(=O)c2cccc(-c3cnc4nncn4c3)c2)[C@@H](C)C1=O. The van der Waals surface area contributed by atoms with Crippen molar-refractivity contribution in [1.82, 2.24) is 29.4 Å². The number of likely N-dealkylation sites (N-methyl/N-ethyl adjacent to an activating group) is 1. The molecule has 1 aliphatic rings. The lowest BCUT2D eigenvalue weighted by molar-refractivity contribution is -0.139. The summed E-state index contributed by atoms with van der Waals surface area (Å²) in [4.78, 5) is 33.1. The van der Waals surface area contributed by atoms with Gasteiger partial charge in [-0.15, -0.1) is 10.2 Å². The van der Waals surface area contributed by atoms with Gasteiger partial charge < -0.3 is 9.80 Å². The van der Waals surface area contributed by atoms with Crippen molar-refractivity contribution in [3.8, 4) is 11.1 Å². The molecular weight excluding hydrogens is 344 g/mol. The molecule has 1 atom stereocenters. The minimum Gasteiger partial charge on any atom is -0.339 e. The highest BCUT2D eigenvalue weighted by Crippen LogP contribution is 2.22. The Morgan fingerprint density at radius 2 is 2.11 bits per heavy atom. The van der Waals surface area contributed by atoms with Crippen molar-refractivity contribution in [2.45, 2.75) is 19.9 Å². The lowest BCUT2D eigenvalue weighted by Gasteiger charge is -2.38. The highest BCUT2D eigenvalue weighted by molar-refractivity contribution is 5.99. The van der Waals surface area contributed by atoms with Crippen molar-refractivity contribution in [2.75, 3.05) is 19.6 Å². The molecule has 3 heterocycles. The maximum atomic E-state index is 13.0. The molecule has 0 saturated carbocycles. The van der Waals surface area contributed by atoms with Crippen LogP contribution < -0.4 is 0 Å². The van der Waals surface area contributed by atoms with E-state index in [1.165, 1.54) is 0 Å². The lowest BCUT2D eigenvalue weighted by atomic mass is 10.0. The van der Waals surface area contributed by atoms with Gasteiger partial charge in [-0.2, -0.15) is 0 Å². The van der Waals surface area contributed by atoms with Crippen LogP contribution in [-0.2, 0) is 4.79 Å². The Balaban J connectivity index is 1.62. The smallest absolute Gasteiger partial charge is 0.254 e. The van der Waals surface area contributed by atoms with Crippen LogP contribution in [0.15, 0.2) is 43.0 Å². The first-order valence-electron chi connectivity index (χ1n) is 8.94. The Morgan fingerprint density at radius 1 is 1.26 bits per heavy atom. The van der Waals surface area contributed by atoms with E-state index in [4.69, 9.17) is 0 Å². The van der Waals surface area contributed by atoms with Gasteiger partial charge in [0.05, 0.1) is 0 Å². The number of piperazine rings is 1. The van der Waals surface area contributed by atoms with Crippen molar-refractivity contribution >= 4 is 17.6 Å². The van der Waals surface area contributed by atoms with E-state index in [0.29, 0.717) is 31.0 Å². The first-order chi connectivity index (χ1) is 13.1. The van der Waals surface area contributed by atoms with E-state index in [9.17, 15) is 9.59 Å². The molecule has 4 rings (SSSR count). The predicted octanol–water partition coefficient (Wildman–Crippen LogP) is 1.48. The molecule has 138 valence electrons. The maximum Gasteiger partial charge on any atom is 0.254 e. The third-order valence-electron chi connectivity index (χ3n) is 4.98. The molecule has 2 aromatic heterocycles. The second-order valence-electron chi connectivity index (χ2n) is 6.55. The van der Waals surface area contributed by atoms with E-state index in [2.05, 4.69) is 15.2 Å². The summed E-state index contributed by atoms with van der Waals surface area (Å²) >= 11 is 0. The number of hydrogen-bond donors (Lipinski definition) is 0. The van der Waals surface area contributed by atoms with Gasteiger partial charge in [0, 0.05) is 43.2 Å². The molecule has 3 aromatic rings. The molecule has 8 heteroatoms. The van der Waals surface area contributed by atoms with Crippen LogP contribution in [0.4, 0.5) is 0 Å². The zero-order valence-electron chi connectivity index (χ0n) is 15.2. The topological polar surface area (TPSA) is 83.7 Å². The third kappa shape index (κ3) is 3.03. The van der Waals surface area contributed by atoms with Crippen LogP contribution in [0.3, 0.4) is 0 Å². The monoisotopic (exact) mass is 364 g/mol. The maximum absolute atomic E-state index is 13.0. The Kier molecular flexibility index (Phi) is 4.31. The van der Waals surface area contributed by atoms with E-state index in [1.54, 1.807) is 39.7 Å². The summed E-state index contributed by atoms with van der Waals surface area (Å²) in [7, 11) is 0. The number of rotatable bonds is 3. The zero-order chi connectivity index (χ0) is 19.0. The van der Waals surface area contributed by atoms with Crippen LogP contribution in [0.2, 0.25) is 0 Å². The third-order valence-corrected chi connectivity index (χ3v) is 4.98. The first kappa shape index (κ1) is 17.1. The number of nitrogens with zero attached hydrogens (tertiary/aromatic N) is 6. The summed E-state index contributed by atoms with van der Waals surface area (Å²) in [5.41, 5.74) is 2.29. The van der Waals surface area contributed by atoms with Crippen LogP contribution in [-0.4, -0.2) is 66.9 Å². The van der Waals surface area contributed by atoms with E-state index < -0.39 is 6.04 Å². The number of aromatic nitrogens is 4. The minimum atomic E-state index is -0.454. The van der Waals surface area contributed by atoms with Crippen LogP contribution in [0.25, 0.3) is 16.9 Å². The predicted molar refractivity (Wildman–Crippen MR) is 99.0 cm³/mol. The Hall–Kier alpha value is -3.29. The van der Waals surface area contributed by atoms with Crippen molar-refractivity contribution in [3.05, 3.63) is 48.5 Å². The van der Waals surface area contributed by atoms with Gasteiger partial charge in [0.15, 0.2) is 0 Å². The van der Waals surface area contributed by atoms with E-state index in [-0.39, 0.29) is 11.8 Å². The van der Waals surface area contributed by atoms with Crippen molar-refractivity contribution in [3.63, 3.8) is 0 Å². The molecule has 2 amide bonds. The molecule has 8 nitrogen and oxygen atoms in total. The van der Waals surface area contributed by atoms with Crippen molar-refractivity contribution in [1.29, 1.82) is 0 Å². The fourth-order valence-corrected chi connectivity index (χ4v) is 3.40. The van der Waals surface area contributed by atoms with Crippen molar-refractivity contribution < 1.29 is 9.59 Å².